The number of pyridine rings is 1. The summed E-state index contributed by atoms with van der Waals surface area (Å²) in [6.07, 6.45) is 1.88. The average Bonchev–Trinajstić information content (AvgIpc) is 2.89. The quantitative estimate of drug-likeness (QED) is 0.423. The zero-order valence-corrected chi connectivity index (χ0v) is 22.5. The Bertz CT molecular complexity index is 1120. The maximum absolute atomic E-state index is 5.52. The number of hydrogen-bond acceptors (Lipinski definition) is 6. The Morgan fingerprint density at radius 1 is 0.722 bits per heavy atom. The van der Waals surface area contributed by atoms with Crippen molar-refractivity contribution in [1.29, 1.82) is 0 Å². The van der Waals surface area contributed by atoms with Crippen LogP contribution in [0.25, 0.3) is 11.3 Å². The van der Waals surface area contributed by atoms with Gasteiger partial charge in [0.1, 0.15) is 0 Å². The number of ether oxygens (including phenoxy) is 3. The molecule has 6 heteroatoms. The molecule has 2 aromatic carbocycles. The van der Waals surface area contributed by atoms with Crippen LogP contribution in [0.3, 0.4) is 0 Å². The molecule has 0 amide bonds. The molecule has 0 bridgehead atoms. The second-order valence-corrected chi connectivity index (χ2v) is 10.5. The molecule has 4 rings (SSSR count). The van der Waals surface area contributed by atoms with Gasteiger partial charge in [-0.05, 0) is 46.4 Å². The number of nitrogens with zero attached hydrogens (tertiary/aromatic N) is 3. The normalized spacial score (nSPS) is 15.1. The molecule has 0 aliphatic carbocycles. The van der Waals surface area contributed by atoms with E-state index in [9.17, 15) is 0 Å². The van der Waals surface area contributed by atoms with Gasteiger partial charge in [-0.25, -0.2) is 0 Å². The second kappa shape index (κ2) is 11.3. The minimum Gasteiger partial charge on any atom is -0.493 e. The summed E-state index contributed by atoms with van der Waals surface area (Å²) in [5, 5.41) is 0. The van der Waals surface area contributed by atoms with Gasteiger partial charge < -0.3 is 14.2 Å². The van der Waals surface area contributed by atoms with Gasteiger partial charge in [0, 0.05) is 51.0 Å². The van der Waals surface area contributed by atoms with Gasteiger partial charge in [-0.2, -0.15) is 0 Å². The molecule has 0 N–H and O–H groups in total. The van der Waals surface area contributed by atoms with E-state index in [2.05, 4.69) is 72.0 Å². The molecule has 0 spiro atoms. The number of aromatic nitrogens is 1. The van der Waals surface area contributed by atoms with Gasteiger partial charge in [-0.1, -0.05) is 45.0 Å². The summed E-state index contributed by atoms with van der Waals surface area (Å²) in [4.78, 5) is 9.68. The highest BCUT2D eigenvalue weighted by Crippen LogP contribution is 2.40. The van der Waals surface area contributed by atoms with Crippen LogP contribution in [0.15, 0.2) is 54.7 Å². The molecule has 1 fully saturated rings. The molecule has 2 heterocycles. The van der Waals surface area contributed by atoms with Crippen molar-refractivity contribution in [2.45, 2.75) is 39.3 Å². The molecular formula is C30H39N3O3. The van der Waals surface area contributed by atoms with Crippen molar-refractivity contribution in [3.8, 4) is 28.5 Å². The summed E-state index contributed by atoms with van der Waals surface area (Å²) in [6.45, 7) is 13.0. The molecule has 0 radical (unpaired) electrons. The fraction of sp³-hybridized carbons (Fsp3) is 0.433. The summed E-state index contributed by atoms with van der Waals surface area (Å²) >= 11 is 0. The lowest BCUT2D eigenvalue weighted by Gasteiger charge is -2.35. The standard InChI is InChI=1S/C30H39N3O3/c1-30(2,3)25-9-7-22(8-10-25)20-32-13-15-33(16-14-32)21-23-11-12-31-26(17-23)24-18-27(34-4)29(36-6)28(19-24)35-5/h7-12,17-19H,13-16,20-21H2,1-6H3. The van der Waals surface area contributed by atoms with E-state index in [-0.39, 0.29) is 5.41 Å². The minimum atomic E-state index is 0.197. The third-order valence-electron chi connectivity index (χ3n) is 6.88. The van der Waals surface area contributed by atoms with Crippen molar-refractivity contribution in [3.63, 3.8) is 0 Å². The van der Waals surface area contributed by atoms with Gasteiger partial charge in [0.2, 0.25) is 5.75 Å². The van der Waals surface area contributed by atoms with Crippen LogP contribution >= 0.6 is 0 Å². The summed E-state index contributed by atoms with van der Waals surface area (Å²) < 4.78 is 16.5. The van der Waals surface area contributed by atoms with E-state index >= 15 is 0 Å². The van der Waals surface area contributed by atoms with E-state index in [0.29, 0.717) is 17.2 Å². The Morgan fingerprint density at radius 3 is 1.78 bits per heavy atom. The lowest BCUT2D eigenvalue weighted by atomic mass is 9.87. The second-order valence-electron chi connectivity index (χ2n) is 10.5. The fourth-order valence-corrected chi connectivity index (χ4v) is 4.69. The Balaban J connectivity index is 1.37. The predicted molar refractivity (Wildman–Crippen MR) is 145 cm³/mol. The van der Waals surface area contributed by atoms with Crippen LogP contribution in [-0.2, 0) is 18.5 Å². The lowest BCUT2D eigenvalue weighted by molar-refractivity contribution is 0.122. The SMILES string of the molecule is COc1cc(-c2cc(CN3CCN(Cc4ccc(C(C)(C)C)cc4)CC3)ccn2)cc(OC)c1OC. The number of methoxy groups -OCH3 is 3. The topological polar surface area (TPSA) is 47.1 Å². The van der Waals surface area contributed by atoms with Crippen LogP contribution in [0.5, 0.6) is 17.2 Å². The van der Waals surface area contributed by atoms with Crippen LogP contribution in [0, 0.1) is 0 Å². The van der Waals surface area contributed by atoms with E-state index in [1.165, 1.54) is 16.7 Å². The number of rotatable bonds is 8. The Labute approximate surface area is 215 Å². The summed E-state index contributed by atoms with van der Waals surface area (Å²) in [6, 6.07) is 17.3. The zero-order valence-electron chi connectivity index (χ0n) is 22.5. The van der Waals surface area contributed by atoms with Crippen LogP contribution in [0.1, 0.15) is 37.5 Å². The molecule has 36 heavy (non-hydrogen) atoms. The van der Waals surface area contributed by atoms with Crippen molar-refractivity contribution >= 4 is 0 Å². The summed E-state index contributed by atoms with van der Waals surface area (Å²) in [7, 11) is 4.87. The van der Waals surface area contributed by atoms with Crippen molar-refractivity contribution in [2.75, 3.05) is 47.5 Å². The first-order valence-electron chi connectivity index (χ1n) is 12.6. The zero-order chi connectivity index (χ0) is 25.7. The molecule has 0 unspecified atom stereocenters. The smallest absolute Gasteiger partial charge is 0.203 e. The first-order chi connectivity index (χ1) is 17.3. The molecular weight excluding hydrogens is 450 g/mol. The van der Waals surface area contributed by atoms with Gasteiger partial charge in [-0.15, -0.1) is 0 Å². The molecule has 192 valence electrons. The van der Waals surface area contributed by atoms with E-state index < -0.39 is 0 Å². The Morgan fingerprint density at radius 2 is 1.28 bits per heavy atom. The molecule has 0 saturated carbocycles. The fourth-order valence-electron chi connectivity index (χ4n) is 4.69. The van der Waals surface area contributed by atoms with E-state index in [0.717, 1.165) is 50.5 Å². The van der Waals surface area contributed by atoms with E-state index in [4.69, 9.17) is 14.2 Å². The van der Waals surface area contributed by atoms with Crippen molar-refractivity contribution in [1.82, 2.24) is 14.8 Å². The predicted octanol–water partition coefficient (Wildman–Crippen LogP) is 5.39. The molecule has 6 nitrogen and oxygen atoms in total. The lowest BCUT2D eigenvalue weighted by Crippen LogP contribution is -2.45. The highest BCUT2D eigenvalue weighted by Gasteiger charge is 2.19. The van der Waals surface area contributed by atoms with E-state index in [1.807, 2.05) is 18.3 Å². The molecule has 0 atom stereocenters. The van der Waals surface area contributed by atoms with Crippen molar-refractivity contribution < 1.29 is 14.2 Å². The molecule has 1 aliphatic rings. The van der Waals surface area contributed by atoms with Crippen LogP contribution in [0.4, 0.5) is 0 Å². The first-order valence-corrected chi connectivity index (χ1v) is 12.6. The third kappa shape index (κ3) is 6.18. The molecule has 1 aliphatic heterocycles. The number of piperazine rings is 1. The average molecular weight is 490 g/mol. The largest absolute Gasteiger partial charge is 0.493 e. The van der Waals surface area contributed by atoms with Gasteiger partial charge in [0.15, 0.2) is 11.5 Å². The summed E-state index contributed by atoms with van der Waals surface area (Å²) in [5.41, 5.74) is 6.06. The van der Waals surface area contributed by atoms with Crippen LogP contribution in [-0.4, -0.2) is 62.3 Å². The minimum absolute atomic E-state index is 0.197. The van der Waals surface area contributed by atoms with Gasteiger partial charge in [-0.3, -0.25) is 14.8 Å². The highest BCUT2D eigenvalue weighted by molar-refractivity contribution is 5.69. The van der Waals surface area contributed by atoms with Crippen molar-refractivity contribution in [2.24, 2.45) is 0 Å². The highest BCUT2D eigenvalue weighted by atomic mass is 16.5. The van der Waals surface area contributed by atoms with Crippen LogP contribution < -0.4 is 14.2 Å². The Hall–Kier alpha value is -3.09. The number of hydrogen-bond donors (Lipinski definition) is 0. The summed E-state index contributed by atoms with van der Waals surface area (Å²) in [5.74, 6) is 1.84. The van der Waals surface area contributed by atoms with Gasteiger partial charge in [0.05, 0.1) is 27.0 Å². The van der Waals surface area contributed by atoms with E-state index in [1.54, 1.807) is 21.3 Å². The van der Waals surface area contributed by atoms with Crippen molar-refractivity contribution in [3.05, 3.63) is 71.4 Å². The van der Waals surface area contributed by atoms with Gasteiger partial charge in [0.25, 0.3) is 0 Å². The molecule has 3 aromatic rings. The Kier molecular flexibility index (Phi) is 8.17. The maximum atomic E-state index is 5.52. The first kappa shape index (κ1) is 26.0. The molecule has 1 saturated heterocycles. The maximum Gasteiger partial charge on any atom is 0.203 e. The molecule has 1 aromatic heterocycles. The monoisotopic (exact) mass is 489 g/mol. The third-order valence-corrected chi connectivity index (χ3v) is 6.88. The van der Waals surface area contributed by atoms with Gasteiger partial charge >= 0.3 is 0 Å². The van der Waals surface area contributed by atoms with Crippen LogP contribution in [0.2, 0.25) is 0 Å². The number of benzene rings is 2.